The van der Waals surface area contributed by atoms with E-state index >= 15 is 0 Å². The van der Waals surface area contributed by atoms with Gasteiger partial charge in [-0.25, -0.2) is 13.6 Å². The molecule has 6 heteroatoms. The summed E-state index contributed by atoms with van der Waals surface area (Å²) in [5, 5.41) is 8.58. The third-order valence-corrected chi connectivity index (χ3v) is 5.24. The van der Waals surface area contributed by atoms with Crippen LogP contribution in [-0.2, 0) is 10.0 Å². The van der Waals surface area contributed by atoms with Crippen molar-refractivity contribution in [3.05, 3.63) is 18.2 Å². The average Bonchev–Trinajstić information content (AvgIpc) is 2.88. The van der Waals surface area contributed by atoms with E-state index in [1.165, 1.54) is 31.7 Å². The largest absolute Gasteiger partial charge is 0.399 e. The van der Waals surface area contributed by atoms with Crippen LogP contribution in [0.1, 0.15) is 25.7 Å². The van der Waals surface area contributed by atoms with E-state index < -0.39 is 10.0 Å². The Kier molecular flexibility index (Phi) is 2.94. The summed E-state index contributed by atoms with van der Waals surface area (Å²) in [5.74, 6) is 1.55. The highest BCUT2D eigenvalue weighted by Crippen LogP contribution is 2.45. The van der Waals surface area contributed by atoms with Gasteiger partial charge in [0.05, 0.1) is 4.90 Å². The standard InChI is InChI=1S/C13H19N3O2S/c14-10-5-11(7-12(6-10)19(15,17)18)16-13-4-8-1-2-9(13)3-8/h5-9,13,16H,1-4,14H2,(H2,15,17,18). The molecule has 0 aliphatic heterocycles. The second-order valence-electron chi connectivity index (χ2n) is 5.76. The van der Waals surface area contributed by atoms with E-state index in [9.17, 15) is 8.42 Å². The number of rotatable bonds is 3. The Morgan fingerprint density at radius 1 is 1.16 bits per heavy atom. The number of benzene rings is 1. The van der Waals surface area contributed by atoms with Crippen LogP contribution in [0.25, 0.3) is 0 Å². The lowest BCUT2D eigenvalue weighted by Gasteiger charge is -2.24. The molecule has 1 aromatic carbocycles. The van der Waals surface area contributed by atoms with Crippen molar-refractivity contribution in [3.63, 3.8) is 0 Å². The molecule has 5 N–H and O–H groups in total. The Balaban J connectivity index is 1.83. The maximum Gasteiger partial charge on any atom is 0.238 e. The summed E-state index contributed by atoms with van der Waals surface area (Å²) in [7, 11) is -3.71. The van der Waals surface area contributed by atoms with Crippen molar-refractivity contribution in [2.24, 2.45) is 17.0 Å². The molecule has 5 nitrogen and oxygen atoms in total. The number of nitrogens with two attached hydrogens (primary N) is 2. The van der Waals surface area contributed by atoms with Crippen LogP contribution < -0.4 is 16.2 Å². The van der Waals surface area contributed by atoms with Gasteiger partial charge in [-0.2, -0.15) is 0 Å². The number of anilines is 2. The van der Waals surface area contributed by atoms with Crippen LogP contribution in [0.3, 0.4) is 0 Å². The SMILES string of the molecule is Nc1cc(NC2CC3CCC2C3)cc(S(N)(=O)=O)c1. The van der Waals surface area contributed by atoms with Gasteiger partial charge < -0.3 is 11.1 Å². The third-order valence-electron chi connectivity index (χ3n) is 4.35. The van der Waals surface area contributed by atoms with Gasteiger partial charge in [-0.15, -0.1) is 0 Å². The molecule has 3 unspecified atom stereocenters. The molecule has 1 aromatic rings. The van der Waals surface area contributed by atoms with E-state index in [-0.39, 0.29) is 4.90 Å². The van der Waals surface area contributed by atoms with Gasteiger partial charge in [0.15, 0.2) is 0 Å². The molecule has 19 heavy (non-hydrogen) atoms. The molecule has 2 bridgehead atoms. The minimum atomic E-state index is -3.71. The van der Waals surface area contributed by atoms with E-state index in [0.717, 1.165) is 11.6 Å². The van der Waals surface area contributed by atoms with Gasteiger partial charge in [-0.1, -0.05) is 6.42 Å². The molecule has 0 amide bonds. The molecule has 3 rings (SSSR count). The Morgan fingerprint density at radius 2 is 1.95 bits per heavy atom. The van der Waals surface area contributed by atoms with Crippen LogP contribution in [0.4, 0.5) is 11.4 Å². The highest BCUT2D eigenvalue weighted by Gasteiger charge is 2.39. The first-order chi connectivity index (χ1) is 8.91. The molecule has 0 aromatic heterocycles. The topological polar surface area (TPSA) is 98.2 Å². The highest BCUT2D eigenvalue weighted by molar-refractivity contribution is 7.89. The Hall–Kier alpha value is -1.27. The lowest BCUT2D eigenvalue weighted by molar-refractivity contribution is 0.440. The maximum absolute atomic E-state index is 11.4. The number of nitrogens with one attached hydrogen (secondary N) is 1. The normalized spacial score (nSPS) is 29.6. The quantitative estimate of drug-likeness (QED) is 0.731. The number of nitrogen functional groups attached to an aromatic ring is 1. The zero-order chi connectivity index (χ0) is 13.6. The molecule has 2 saturated carbocycles. The number of sulfonamides is 1. The molecule has 2 aliphatic carbocycles. The van der Waals surface area contributed by atoms with E-state index in [1.54, 1.807) is 12.1 Å². The van der Waals surface area contributed by atoms with Gasteiger partial charge >= 0.3 is 0 Å². The van der Waals surface area contributed by atoms with Crippen LogP contribution in [0.2, 0.25) is 0 Å². The minimum absolute atomic E-state index is 0.0677. The summed E-state index contributed by atoms with van der Waals surface area (Å²) < 4.78 is 22.8. The summed E-state index contributed by atoms with van der Waals surface area (Å²) in [6.07, 6.45) is 5.07. The first-order valence-corrected chi connectivity index (χ1v) is 8.16. The monoisotopic (exact) mass is 281 g/mol. The van der Waals surface area contributed by atoms with Crippen molar-refractivity contribution in [2.45, 2.75) is 36.6 Å². The van der Waals surface area contributed by atoms with Crippen LogP contribution >= 0.6 is 0 Å². The van der Waals surface area contributed by atoms with Crippen molar-refractivity contribution in [3.8, 4) is 0 Å². The Labute approximate surface area is 113 Å². The van der Waals surface area contributed by atoms with Crippen molar-refractivity contribution >= 4 is 21.4 Å². The summed E-state index contributed by atoms with van der Waals surface area (Å²) in [6.45, 7) is 0. The van der Waals surface area contributed by atoms with Crippen LogP contribution in [-0.4, -0.2) is 14.5 Å². The van der Waals surface area contributed by atoms with Gasteiger partial charge in [0, 0.05) is 17.4 Å². The smallest absolute Gasteiger partial charge is 0.238 e. The zero-order valence-corrected chi connectivity index (χ0v) is 11.5. The van der Waals surface area contributed by atoms with E-state index in [4.69, 9.17) is 10.9 Å². The zero-order valence-electron chi connectivity index (χ0n) is 10.7. The van der Waals surface area contributed by atoms with Gasteiger partial charge in [0.1, 0.15) is 0 Å². The molecule has 0 radical (unpaired) electrons. The summed E-state index contributed by atoms with van der Waals surface area (Å²) in [6, 6.07) is 5.16. The van der Waals surface area contributed by atoms with Gasteiger partial charge in [0.2, 0.25) is 10.0 Å². The Bertz CT molecular complexity index is 600. The molecule has 2 fully saturated rings. The lowest BCUT2D eigenvalue weighted by Crippen LogP contribution is -2.26. The number of primary sulfonamides is 1. The highest BCUT2D eigenvalue weighted by atomic mass is 32.2. The fourth-order valence-electron chi connectivity index (χ4n) is 3.51. The predicted octanol–water partition coefficient (Wildman–Crippen LogP) is 1.52. The van der Waals surface area contributed by atoms with Crippen LogP contribution in [0.15, 0.2) is 23.1 Å². The molecule has 0 heterocycles. The fraction of sp³-hybridized carbons (Fsp3) is 0.538. The molecule has 0 saturated heterocycles. The van der Waals surface area contributed by atoms with Crippen molar-refractivity contribution in [1.82, 2.24) is 0 Å². The molecule has 0 spiro atoms. The second-order valence-corrected chi connectivity index (χ2v) is 7.32. The van der Waals surface area contributed by atoms with Crippen molar-refractivity contribution in [2.75, 3.05) is 11.1 Å². The van der Waals surface area contributed by atoms with Gasteiger partial charge in [0.25, 0.3) is 0 Å². The number of hydrogen-bond acceptors (Lipinski definition) is 4. The molecule has 3 atom stereocenters. The third kappa shape index (κ3) is 2.55. The fourth-order valence-corrected chi connectivity index (χ4v) is 4.10. The number of hydrogen-bond donors (Lipinski definition) is 3. The molecular formula is C13H19N3O2S. The first kappa shape index (κ1) is 12.7. The molecule has 2 aliphatic rings. The Morgan fingerprint density at radius 3 is 2.53 bits per heavy atom. The van der Waals surface area contributed by atoms with Crippen LogP contribution in [0, 0.1) is 11.8 Å². The van der Waals surface area contributed by atoms with Crippen LogP contribution in [0.5, 0.6) is 0 Å². The van der Waals surface area contributed by atoms with E-state index in [2.05, 4.69) is 5.32 Å². The second kappa shape index (κ2) is 4.38. The average molecular weight is 281 g/mol. The van der Waals surface area contributed by atoms with Crippen molar-refractivity contribution < 1.29 is 8.42 Å². The molecule has 104 valence electrons. The lowest BCUT2D eigenvalue weighted by atomic mass is 9.95. The van der Waals surface area contributed by atoms with Gasteiger partial charge in [-0.3, -0.25) is 0 Å². The van der Waals surface area contributed by atoms with E-state index in [1.807, 2.05) is 0 Å². The maximum atomic E-state index is 11.4. The number of fused-ring (bicyclic) bond motifs is 2. The van der Waals surface area contributed by atoms with Crippen molar-refractivity contribution in [1.29, 1.82) is 0 Å². The summed E-state index contributed by atoms with van der Waals surface area (Å²) >= 11 is 0. The molecular weight excluding hydrogens is 262 g/mol. The van der Waals surface area contributed by atoms with Gasteiger partial charge in [-0.05, 0) is 49.3 Å². The first-order valence-electron chi connectivity index (χ1n) is 6.62. The van der Waals surface area contributed by atoms with E-state index in [0.29, 0.717) is 17.6 Å². The minimum Gasteiger partial charge on any atom is -0.399 e. The summed E-state index contributed by atoms with van der Waals surface area (Å²) in [5.41, 5.74) is 6.91. The summed E-state index contributed by atoms with van der Waals surface area (Å²) in [4.78, 5) is 0.0677. The predicted molar refractivity (Wildman–Crippen MR) is 75.1 cm³/mol.